The maximum absolute atomic E-state index is 11.4. The fourth-order valence-corrected chi connectivity index (χ4v) is 2.05. The molecule has 1 atom stereocenters. The topological polar surface area (TPSA) is 77.5 Å². The number of hydrogen-bond acceptors (Lipinski definition) is 5. The molecule has 0 aliphatic heterocycles. The van der Waals surface area contributed by atoms with E-state index in [-0.39, 0.29) is 0 Å². The highest BCUT2D eigenvalue weighted by Crippen LogP contribution is 2.09. The van der Waals surface area contributed by atoms with Gasteiger partial charge in [0.2, 0.25) is 5.25 Å². The Morgan fingerprint density at radius 1 is 1.21 bits per heavy atom. The molecule has 0 N–H and O–H groups in total. The summed E-state index contributed by atoms with van der Waals surface area (Å²) in [4.78, 5) is 22.5. The van der Waals surface area contributed by atoms with E-state index in [9.17, 15) is 18.0 Å². The number of rotatable bonds is 4. The van der Waals surface area contributed by atoms with Crippen molar-refractivity contribution in [3.8, 4) is 0 Å². The van der Waals surface area contributed by atoms with Crippen LogP contribution in [0, 0.1) is 5.92 Å². The number of esters is 1. The van der Waals surface area contributed by atoms with Crippen molar-refractivity contribution >= 4 is 21.6 Å². The van der Waals surface area contributed by atoms with Gasteiger partial charge in [-0.15, -0.1) is 0 Å². The molecule has 0 heterocycles. The maximum atomic E-state index is 11.4. The first kappa shape index (κ1) is 13.1. The minimum atomic E-state index is -3.74. The summed E-state index contributed by atoms with van der Waals surface area (Å²) in [6.07, 6.45) is 0.842. The monoisotopic (exact) mass is 222 g/mol. The second kappa shape index (κ2) is 4.54. The summed E-state index contributed by atoms with van der Waals surface area (Å²) in [5, 5.41) is -1.69. The first-order valence-electron chi connectivity index (χ1n) is 4.02. The number of ketones is 1. The van der Waals surface area contributed by atoms with Gasteiger partial charge in [0.15, 0.2) is 15.6 Å². The van der Waals surface area contributed by atoms with Crippen LogP contribution in [0.4, 0.5) is 0 Å². The van der Waals surface area contributed by atoms with E-state index in [1.165, 1.54) is 13.8 Å². The molecule has 14 heavy (non-hydrogen) atoms. The average molecular weight is 222 g/mol. The Morgan fingerprint density at radius 3 is 1.86 bits per heavy atom. The van der Waals surface area contributed by atoms with Crippen LogP contribution in [0.5, 0.6) is 0 Å². The van der Waals surface area contributed by atoms with Gasteiger partial charge in [-0.3, -0.25) is 9.59 Å². The van der Waals surface area contributed by atoms with Crippen LogP contribution in [0.15, 0.2) is 0 Å². The summed E-state index contributed by atoms with van der Waals surface area (Å²) in [5.74, 6) is -2.18. The zero-order valence-electron chi connectivity index (χ0n) is 8.60. The van der Waals surface area contributed by atoms with Gasteiger partial charge in [0.05, 0.1) is 7.11 Å². The van der Waals surface area contributed by atoms with Gasteiger partial charge < -0.3 is 4.74 Å². The maximum Gasteiger partial charge on any atom is 0.331 e. The third-order valence-corrected chi connectivity index (χ3v) is 2.95. The molecule has 0 amide bonds. The lowest BCUT2D eigenvalue weighted by molar-refractivity contribution is -0.143. The molecule has 1 unspecified atom stereocenters. The van der Waals surface area contributed by atoms with Crippen molar-refractivity contribution in [1.29, 1.82) is 0 Å². The van der Waals surface area contributed by atoms with Gasteiger partial charge in [0.1, 0.15) is 0 Å². The number of Topliss-reactive ketones (excluding diaryl/α,β-unsaturated/α-hetero) is 1. The van der Waals surface area contributed by atoms with Crippen molar-refractivity contribution in [2.45, 2.75) is 19.1 Å². The molecule has 0 aromatic carbocycles. The fourth-order valence-electron chi connectivity index (χ4n) is 0.912. The first-order valence-corrected chi connectivity index (χ1v) is 5.97. The molecule has 5 nitrogen and oxygen atoms in total. The molecule has 0 bridgehead atoms. The molecule has 0 rings (SSSR count). The van der Waals surface area contributed by atoms with Crippen molar-refractivity contribution in [3.63, 3.8) is 0 Å². The molecule has 0 fully saturated rings. The molecular weight excluding hydrogens is 208 g/mol. The van der Waals surface area contributed by atoms with Crippen LogP contribution in [0.2, 0.25) is 0 Å². The summed E-state index contributed by atoms with van der Waals surface area (Å²) >= 11 is 0. The summed E-state index contributed by atoms with van der Waals surface area (Å²) in [5.41, 5.74) is 0. The van der Waals surface area contributed by atoms with E-state index >= 15 is 0 Å². The van der Waals surface area contributed by atoms with Crippen molar-refractivity contribution in [2.75, 3.05) is 13.4 Å². The normalized spacial score (nSPS) is 13.8. The van der Waals surface area contributed by atoms with Crippen LogP contribution in [0.25, 0.3) is 0 Å². The highest BCUT2D eigenvalue weighted by atomic mass is 32.2. The average Bonchev–Trinajstić information content (AvgIpc) is 2.01. The molecule has 0 spiro atoms. The summed E-state index contributed by atoms with van der Waals surface area (Å²) in [6, 6.07) is 0. The molecular formula is C8H14O5S. The number of sulfone groups is 1. The highest BCUT2D eigenvalue weighted by molar-refractivity contribution is 7.92. The van der Waals surface area contributed by atoms with Crippen molar-refractivity contribution < 1.29 is 22.7 Å². The fraction of sp³-hybridized carbons (Fsp3) is 0.750. The van der Waals surface area contributed by atoms with Gasteiger partial charge in [0.25, 0.3) is 0 Å². The van der Waals surface area contributed by atoms with E-state index in [2.05, 4.69) is 4.74 Å². The highest BCUT2D eigenvalue weighted by Gasteiger charge is 2.38. The van der Waals surface area contributed by atoms with Crippen LogP contribution in [-0.2, 0) is 24.2 Å². The van der Waals surface area contributed by atoms with Gasteiger partial charge in [-0.1, -0.05) is 13.8 Å². The molecule has 0 aliphatic rings. The largest absolute Gasteiger partial charge is 0.468 e. The van der Waals surface area contributed by atoms with E-state index in [0.717, 1.165) is 13.4 Å². The Kier molecular flexibility index (Phi) is 4.25. The number of hydrogen-bond donors (Lipinski definition) is 0. The Bertz CT molecular complexity index is 328. The van der Waals surface area contributed by atoms with E-state index in [1.807, 2.05) is 0 Å². The molecule has 6 heteroatoms. The second-order valence-electron chi connectivity index (χ2n) is 3.29. The van der Waals surface area contributed by atoms with Crippen LogP contribution >= 0.6 is 0 Å². The van der Waals surface area contributed by atoms with E-state index in [0.29, 0.717) is 0 Å². The van der Waals surface area contributed by atoms with Crippen molar-refractivity contribution in [1.82, 2.24) is 0 Å². The third-order valence-electron chi connectivity index (χ3n) is 1.67. The van der Waals surface area contributed by atoms with Crippen molar-refractivity contribution in [2.24, 2.45) is 5.92 Å². The van der Waals surface area contributed by atoms with E-state index in [4.69, 9.17) is 0 Å². The molecule has 82 valence electrons. The van der Waals surface area contributed by atoms with Crippen LogP contribution in [0.1, 0.15) is 13.8 Å². The minimum absolute atomic E-state index is 0.520. The molecule has 0 aromatic heterocycles. The second-order valence-corrected chi connectivity index (χ2v) is 5.42. The third kappa shape index (κ3) is 3.10. The predicted octanol–water partition coefficient (Wildman–Crippen LogP) is -0.202. The summed E-state index contributed by atoms with van der Waals surface area (Å²) in [7, 11) is -2.69. The van der Waals surface area contributed by atoms with Crippen LogP contribution in [0.3, 0.4) is 0 Å². The number of methoxy groups -OCH3 is 1. The molecule has 0 aromatic rings. The number of carbonyl (C=O) groups is 2. The SMILES string of the molecule is COC(=O)C(C(=O)C(C)C)S(C)(=O)=O. The van der Waals surface area contributed by atoms with E-state index < -0.39 is 32.8 Å². The molecule has 0 saturated carbocycles. The summed E-state index contributed by atoms with van der Waals surface area (Å²) in [6.45, 7) is 3.06. The van der Waals surface area contributed by atoms with Crippen LogP contribution in [-0.4, -0.2) is 38.8 Å². The molecule has 0 aliphatic carbocycles. The lowest BCUT2D eigenvalue weighted by Gasteiger charge is -2.13. The zero-order chi connectivity index (χ0) is 11.5. The van der Waals surface area contributed by atoms with Crippen LogP contribution < -0.4 is 0 Å². The van der Waals surface area contributed by atoms with Gasteiger partial charge >= 0.3 is 5.97 Å². The lowest BCUT2D eigenvalue weighted by Crippen LogP contribution is -2.40. The summed E-state index contributed by atoms with van der Waals surface area (Å²) < 4.78 is 26.6. The minimum Gasteiger partial charge on any atom is -0.468 e. The zero-order valence-corrected chi connectivity index (χ0v) is 9.42. The Labute approximate surface area is 83.4 Å². The van der Waals surface area contributed by atoms with E-state index in [1.54, 1.807) is 0 Å². The Balaban J connectivity index is 5.14. The van der Waals surface area contributed by atoms with Crippen molar-refractivity contribution in [3.05, 3.63) is 0 Å². The van der Waals surface area contributed by atoms with Gasteiger partial charge in [-0.05, 0) is 0 Å². The predicted molar refractivity (Wildman–Crippen MR) is 50.5 cm³/mol. The van der Waals surface area contributed by atoms with Gasteiger partial charge in [-0.25, -0.2) is 8.42 Å². The number of ether oxygens (including phenoxy) is 1. The molecule has 0 saturated heterocycles. The Hall–Kier alpha value is -0.910. The standard InChI is InChI=1S/C8H14O5S/c1-5(2)6(9)7(8(10)13-3)14(4,11)12/h5,7H,1-4H3. The quantitative estimate of drug-likeness (QED) is 0.486. The smallest absolute Gasteiger partial charge is 0.331 e. The van der Waals surface area contributed by atoms with Gasteiger partial charge in [-0.2, -0.15) is 0 Å². The Morgan fingerprint density at radius 2 is 1.64 bits per heavy atom. The lowest BCUT2D eigenvalue weighted by atomic mass is 10.1. The number of carbonyl (C=O) groups excluding carboxylic acids is 2. The molecule has 0 radical (unpaired) electrons. The first-order chi connectivity index (χ1) is 6.21. The van der Waals surface area contributed by atoms with Gasteiger partial charge in [0, 0.05) is 12.2 Å².